The van der Waals surface area contributed by atoms with E-state index in [1.807, 2.05) is 39.8 Å². The average Bonchev–Trinajstić information content (AvgIpc) is 3.26. The molecular formula is C32H49N5O6. The van der Waals surface area contributed by atoms with Crippen molar-refractivity contribution in [3.63, 3.8) is 0 Å². The molecule has 238 valence electrons. The van der Waals surface area contributed by atoms with Crippen LogP contribution < -0.4 is 17.3 Å². The van der Waals surface area contributed by atoms with E-state index in [2.05, 4.69) is 0 Å². The van der Waals surface area contributed by atoms with Crippen molar-refractivity contribution < 1.29 is 28.7 Å². The van der Waals surface area contributed by atoms with E-state index >= 15 is 0 Å². The fourth-order valence-electron chi connectivity index (χ4n) is 6.13. The summed E-state index contributed by atoms with van der Waals surface area (Å²) in [7, 11) is 0. The highest BCUT2D eigenvalue weighted by atomic mass is 16.6. The first-order chi connectivity index (χ1) is 20.3. The molecule has 6 unspecified atom stereocenters. The zero-order valence-corrected chi connectivity index (χ0v) is 26.2. The Morgan fingerprint density at radius 3 is 2.42 bits per heavy atom. The first kappa shape index (κ1) is 33.9. The Morgan fingerprint density at radius 2 is 1.74 bits per heavy atom. The number of unbranched alkanes of at least 4 members (excludes halogenated alkanes) is 1. The van der Waals surface area contributed by atoms with Crippen LogP contribution in [0.2, 0.25) is 0 Å². The monoisotopic (exact) mass is 599 g/mol. The maximum Gasteiger partial charge on any atom is 0.410 e. The van der Waals surface area contributed by atoms with Gasteiger partial charge in [0.15, 0.2) is 6.10 Å². The number of anilines is 1. The molecule has 1 aromatic carbocycles. The van der Waals surface area contributed by atoms with Crippen LogP contribution in [-0.2, 0) is 23.9 Å². The van der Waals surface area contributed by atoms with Gasteiger partial charge < -0.3 is 30.8 Å². The molecule has 2 aliphatic rings. The molecule has 2 fully saturated rings. The first-order valence-corrected chi connectivity index (χ1v) is 15.4. The molecule has 7 atom stereocenters. The minimum atomic E-state index is -0.925. The van der Waals surface area contributed by atoms with Crippen LogP contribution >= 0.6 is 0 Å². The van der Waals surface area contributed by atoms with Gasteiger partial charge in [0.25, 0.3) is 0 Å². The summed E-state index contributed by atoms with van der Waals surface area (Å²) in [5, 5.41) is 1.49. The Kier molecular flexibility index (Phi) is 12.0. The Hall–Kier alpha value is -3.60. The molecule has 0 radical (unpaired) electrons. The fraction of sp³-hybridized carbons (Fsp3) is 0.625. The predicted molar refractivity (Wildman–Crippen MR) is 165 cm³/mol. The highest BCUT2D eigenvalue weighted by Gasteiger charge is 2.48. The van der Waals surface area contributed by atoms with Crippen LogP contribution in [0.3, 0.4) is 0 Å². The van der Waals surface area contributed by atoms with E-state index in [0.717, 1.165) is 5.56 Å². The molecule has 0 aliphatic carbocycles. The second kappa shape index (κ2) is 15.2. The number of hydrazine groups is 1. The van der Waals surface area contributed by atoms with Gasteiger partial charge in [-0.2, -0.15) is 0 Å². The molecule has 0 aromatic heterocycles. The Bertz CT molecular complexity index is 1190. The number of esters is 1. The molecule has 0 bridgehead atoms. The van der Waals surface area contributed by atoms with Crippen molar-refractivity contribution in [3.8, 4) is 0 Å². The second-order valence-electron chi connectivity index (χ2n) is 12.3. The highest BCUT2D eigenvalue weighted by molar-refractivity contribution is 5.99. The maximum absolute atomic E-state index is 13.4. The van der Waals surface area contributed by atoms with Crippen LogP contribution in [0.1, 0.15) is 78.7 Å². The molecule has 6 N–H and O–H groups in total. The highest BCUT2D eigenvalue weighted by Crippen LogP contribution is 2.32. The number of ketones is 2. The number of benzene rings is 1. The lowest BCUT2D eigenvalue weighted by molar-refractivity contribution is -0.162. The van der Waals surface area contributed by atoms with E-state index in [9.17, 15) is 19.2 Å². The summed E-state index contributed by atoms with van der Waals surface area (Å²) >= 11 is 0. The standard InChI is InChI=1S/C32H49N5O6/c1-6-28-30-26(17-27(38)20(3)14-19(2)15-21(4)29(39)22(5)31(40)42-28)37(32(41)43-30)13-8-7-12-36(35)18-25(34)23-10-9-11-24(33)16-23/h9-11,16,18-22,26,28,30H,6-8,12-15,17,33-35H2,1-5H3/b25-18-/t19?,20-,21?,22?,26?,28?,30?/m1/s1. The average molecular weight is 600 g/mol. The van der Waals surface area contributed by atoms with Crippen LogP contribution in [0.5, 0.6) is 0 Å². The summed E-state index contributed by atoms with van der Waals surface area (Å²) in [5.41, 5.74) is 13.9. The van der Waals surface area contributed by atoms with E-state index < -0.39 is 36.2 Å². The lowest BCUT2D eigenvalue weighted by Crippen LogP contribution is -2.46. The van der Waals surface area contributed by atoms with E-state index in [1.165, 1.54) is 5.01 Å². The van der Waals surface area contributed by atoms with Crippen molar-refractivity contribution in [3.05, 3.63) is 36.0 Å². The van der Waals surface area contributed by atoms with Crippen LogP contribution in [0.25, 0.3) is 5.70 Å². The lowest BCUT2D eigenvalue weighted by Gasteiger charge is -2.31. The smallest absolute Gasteiger partial charge is 0.410 e. The second-order valence-corrected chi connectivity index (χ2v) is 12.3. The summed E-state index contributed by atoms with van der Waals surface area (Å²) < 4.78 is 11.6. The number of amides is 1. The van der Waals surface area contributed by atoms with Gasteiger partial charge in [0, 0.05) is 48.8 Å². The number of hydrogen-bond donors (Lipinski definition) is 3. The molecule has 11 nitrogen and oxygen atoms in total. The third kappa shape index (κ3) is 8.95. The van der Waals surface area contributed by atoms with E-state index in [0.29, 0.717) is 56.6 Å². The van der Waals surface area contributed by atoms with E-state index in [1.54, 1.807) is 30.2 Å². The van der Waals surface area contributed by atoms with Crippen molar-refractivity contribution in [2.45, 2.75) is 91.4 Å². The number of carbonyl (C=O) groups excluding carboxylic acids is 4. The van der Waals surface area contributed by atoms with Crippen molar-refractivity contribution in [1.82, 2.24) is 9.91 Å². The van der Waals surface area contributed by atoms with Gasteiger partial charge in [-0.3, -0.25) is 14.4 Å². The summed E-state index contributed by atoms with van der Waals surface area (Å²) in [6.07, 6.45) is 2.42. The Balaban J connectivity index is 1.72. The van der Waals surface area contributed by atoms with Crippen molar-refractivity contribution in [1.29, 1.82) is 0 Å². The largest absolute Gasteiger partial charge is 0.458 e. The van der Waals surface area contributed by atoms with Gasteiger partial charge in [-0.15, -0.1) is 0 Å². The number of cyclic esters (lactones) is 1. The molecule has 2 heterocycles. The molecular weight excluding hydrogens is 550 g/mol. The number of rotatable bonds is 8. The lowest BCUT2D eigenvalue weighted by atomic mass is 9.82. The zero-order chi connectivity index (χ0) is 31.8. The van der Waals surface area contributed by atoms with Gasteiger partial charge in [0.1, 0.15) is 23.6 Å². The van der Waals surface area contributed by atoms with Crippen LogP contribution in [0.4, 0.5) is 10.5 Å². The third-order valence-electron chi connectivity index (χ3n) is 8.62. The summed E-state index contributed by atoms with van der Waals surface area (Å²) in [5.74, 6) is 3.97. The van der Waals surface area contributed by atoms with Crippen molar-refractivity contribution in [2.24, 2.45) is 35.2 Å². The number of fused-ring (bicyclic) bond motifs is 1. The van der Waals surface area contributed by atoms with Crippen LogP contribution in [0.15, 0.2) is 30.5 Å². The molecule has 43 heavy (non-hydrogen) atoms. The summed E-state index contributed by atoms with van der Waals surface area (Å²) in [6.45, 7) is 9.96. The van der Waals surface area contributed by atoms with Crippen molar-refractivity contribution in [2.75, 3.05) is 18.8 Å². The van der Waals surface area contributed by atoms with Gasteiger partial charge in [-0.05, 0) is 57.1 Å². The molecule has 1 aromatic rings. The van der Waals surface area contributed by atoms with Gasteiger partial charge >= 0.3 is 12.1 Å². The molecule has 0 saturated carbocycles. The van der Waals surface area contributed by atoms with Gasteiger partial charge in [-0.1, -0.05) is 39.8 Å². The molecule has 11 heteroatoms. The molecule has 3 rings (SSSR count). The van der Waals surface area contributed by atoms with Gasteiger partial charge in [-0.25, -0.2) is 10.6 Å². The molecule has 2 saturated heterocycles. The Labute approximate surface area is 255 Å². The fourth-order valence-corrected chi connectivity index (χ4v) is 6.13. The predicted octanol–water partition coefficient (Wildman–Crippen LogP) is 3.86. The molecule has 1 amide bonds. The molecule has 2 aliphatic heterocycles. The summed E-state index contributed by atoms with van der Waals surface area (Å²) in [4.78, 5) is 54.1. The van der Waals surface area contributed by atoms with Gasteiger partial charge in [0.05, 0.1) is 11.7 Å². The number of nitrogen functional groups attached to an aromatic ring is 1. The third-order valence-corrected chi connectivity index (χ3v) is 8.62. The minimum Gasteiger partial charge on any atom is -0.458 e. The van der Waals surface area contributed by atoms with Gasteiger partial charge in [0.2, 0.25) is 0 Å². The molecule has 0 spiro atoms. The van der Waals surface area contributed by atoms with E-state index in [4.69, 9.17) is 26.8 Å². The number of ether oxygens (including phenoxy) is 2. The number of nitrogens with zero attached hydrogens (tertiary/aromatic N) is 2. The van der Waals surface area contributed by atoms with Crippen molar-refractivity contribution >= 4 is 35.0 Å². The van der Waals surface area contributed by atoms with Crippen LogP contribution in [0, 0.1) is 23.7 Å². The summed E-state index contributed by atoms with van der Waals surface area (Å²) in [6, 6.07) is 6.62. The SMILES string of the molecule is CCC1OC(=O)C(C)C(=O)C(C)CC(C)C[C@@H](C)C(=O)CC2C1OC(=O)N2CCCCN(N)/C=C(\N)c1cccc(N)c1. The van der Waals surface area contributed by atoms with Crippen LogP contribution in [-0.4, -0.2) is 64.9 Å². The number of Topliss-reactive ketones (excluding diaryl/α,β-unsaturated/α-hetero) is 2. The van der Waals surface area contributed by atoms with E-state index in [-0.39, 0.29) is 35.7 Å². The minimum absolute atomic E-state index is 0.0195. The normalized spacial score (nSPS) is 29.5. The first-order valence-electron chi connectivity index (χ1n) is 15.4. The number of nitrogens with two attached hydrogens (primary N) is 3. The number of hydrogen-bond acceptors (Lipinski definition) is 10. The quantitative estimate of drug-likeness (QED) is 0.0995. The Morgan fingerprint density at radius 1 is 1.05 bits per heavy atom. The number of carbonyl (C=O) groups is 4. The maximum atomic E-state index is 13.4. The topological polar surface area (TPSA) is 171 Å². The zero-order valence-electron chi connectivity index (χ0n) is 26.2.